The lowest BCUT2D eigenvalue weighted by Crippen LogP contribution is -1.88. The van der Waals surface area contributed by atoms with Crippen molar-refractivity contribution in [1.29, 1.82) is 0 Å². The molecule has 0 aliphatic rings. The maximum absolute atomic E-state index is 9.19. The van der Waals surface area contributed by atoms with E-state index in [9.17, 15) is 8.42 Å². The Kier molecular flexibility index (Phi) is 0.931. The SMILES string of the molecule is [CH2]S([NH])(=O)=O. The second kappa shape index (κ2) is 0.948. The van der Waals surface area contributed by atoms with Crippen LogP contribution in [0.25, 0.3) is 0 Å². The summed E-state index contributed by atoms with van der Waals surface area (Å²) in [5.74, 6) is 0. The predicted octanol–water partition coefficient (Wildman–Crippen LogP) is -0.609. The number of rotatable bonds is 0. The monoisotopic (exact) mass is 93.0 g/mol. The first-order chi connectivity index (χ1) is 2.00. The average Bonchev–Trinajstić information content (AvgIpc) is 0.722. The molecular formula is CH3NO2S. The van der Waals surface area contributed by atoms with Crippen molar-refractivity contribution in [2.24, 2.45) is 0 Å². The van der Waals surface area contributed by atoms with Crippen molar-refractivity contribution in [2.45, 2.75) is 0 Å². The highest BCUT2D eigenvalue weighted by Crippen LogP contribution is 1.63. The summed E-state index contributed by atoms with van der Waals surface area (Å²) >= 11 is 0. The molecule has 0 aromatic carbocycles. The molecule has 30 valence electrons. The first kappa shape index (κ1) is 4.91. The Hall–Kier alpha value is -0.0900. The molecule has 0 aliphatic heterocycles. The Morgan fingerprint density at radius 1 is 1.60 bits per heavy atom. The summed E-state index contributed by atoms with van der Waals surface area (Å²) in [4.78, 5) is 0. The van der Waals surface area contributed by atoms with Gasteiger partial charge < -0.3 is 0 Å². The number of hydrogen-bond donors (Lipinski definition) is 0. The van der Waals surface area contributed by atoms with E-state index in [-0.39, 0.29) is 0 Å². The normalized spacial score (nSPS) is 11.6. The molecule has 1 N–H and O–H groups in total. The highest BCUT2D eigenvalue weighted by atomic mass is 32.2. The van der Waals surface area contributed by atoms with Crippen LogP contribution in [0.3, 0.4) is 0 Å². The van der Waals surface area contributed by atoms with Crippen LogP contribution in [0.4, 0.5) is 0 Å². The van der Waals surface area contributed by atoms with Crippen LogP contribution in [-0.2, 0) is 10.0 Å². The molecule has 0 saturated carbocycles. The van der Waals surface area contributed by atoms with Crippen molar-refractivity contribution in [1.82, 2.24) is 5.14 Å². The van der Waals surface area contributed by atoms with Gasteiger partial charge in [-0.15, -0.1) is 5.14 Å². The highest BCUT2D eigenvalue weighted by molar-refractivity contribution is 7.89. The molecule has 0 aromatic heterocycles. The molecule has 0 amide bonds. The Balaban J connectivity index is 4.06. The van der Waals surface area contributed by atoms with Crippen molar-refractivity contribution < 1.29 is 8.42 Å². The largest absolute Gasteiger partial charge is 0.226 e. The van der Waals surface area contributed by atoms with Gasteiger partial charge in [0.25, 0.3) is 0 Å². The van der Waals surface area contributed by atoms with E-state index < -0.39 is 10.0 Å². The van der Waals surface area contributed by atoms with Crippen molar-refractivity contribution in [3.63, 3.8) is 0 Å². The van der Waals surface area contributed by atoms with Crippen molar-refractivity contribution >= 4 is 10.0 Å². The molecule has 0 rings (SSSR count). The van der Waals surface area contributed by atoms with E-state index in [1.165, 1.54) is 0 Å². The lowest BCUT2D eigenvalue weighted by atomic mass is 12.0. The van der Waals surface area contributed by atoms with Gasteiger partial charge in [-0.3, -0.25) is 0 Å². The van der Waals surface area contributed by atoms with Gasteiger partial charge in [-0.2, -0.15) is 0 Å². The third-order valence-corrected chi connectivity index (χ3v) is 0. The number of sulfonamides is 1. The molecule has 0 fully saturated rings. The zero-order valence-electron chi connectivity index (χ0n) is 2.43. The quantitative estimate of drug-likeness (QED) is 0.401. The minimum atomic E-state index is -3.67. The average molecular weight is 93.1 g/mol. The summed E-state index contributed by atoms with van der Waals surface area (Å²) in [7, 11) is -3.67. The molecule has 5 heavy (non-hydrogen) atoms. The Morgan fingerprint density at radius 3 is 1.60 bits per heavy atom. The third-order valence-electron chi connectivity index (χ3n) is 0. The zero-order chi connectivity index (χ0) is 4.50. The first-order valence-corrected chi connectivity index (χ1v) is 2.48. The topological polar surface area (TPSA) is 57.9 Å². The molecule has 0 spiro atoms. The van der Waals surface area contributed by atoms with Crippen LogP contribution < -0.4 is 5.14 Å². The standard InChI is InChI=1S/CH3NO2S/c1-5(2,3)4/h2H,1H2. The highest BCUT2D eigenvalue weighted by Gasteiger charge is 1.81. The van der Waals surface area contributed by atoms with Crippen molar-refractivity contribution in [3.05, 3.63) is 6.26 Å². The van der Waals surface area contributed by atoms with Gasteiger partial charge in [0.1, 0.15) is 0 Å². The molecule has 0 saturated heterocycles. The van der Waals surface area contributed by atoms with Crippen LogP contribution >= 0.6 is 0 Å². The summed E-state index contributed by atoms with van der Waals surface area (Å²) < 4.78 is 18.4. The molecule has 3 nitrogen and oxygen atoms in total. The maximum Gasteiger partial charge on any atom is 0.226 e. The molecule has 0 unspecified atom stereocenters. The van der Waals surface area contributed by atoms with Crippen LogP contribution in [-0.4, -0.2) is 8.42 Å². The van der Waals surface area contributed by atoms with Gasteiger partial charge in [0.05, 0.1) is 6.26 Å². The second-order valence-electron chi connectivity index (χ2n) is 0.615. The Bertz CT molecular complexity index is 92.8. The van der Waals surface area contributed by atoms with E-state index in [0.717, 1.165) is 0 Å². The van der Waals surface area contributed by atoms with E-state index in [0.29, 0.717) is 0 Å². The lowest BCUT2D eigenvalue weighted by molar-refractivity contribution is 0.604. The van der Waals surface area contributed by atoms with E-state index in [4.69, 9.17) is 5.14 Å². The summed E-state index contributed by atoms with van der Waals surface area (Å²) in [6.45, 7) is 0. The van der Waals surface area contributed by atoms with Gasteiger partial charge in [0.15, 0.2) is 0 Å². The number of nitrogens with one attached hydrogen (secondary N) is 1. The fourth-order valence-corrected chi connectivity index (χ4v) is 0. The number of hydrogen-bond acceptors (Lipinski definition) is 2. The van der Waals surface area contributed by atoms with Crippen LogP contribution in [0.1, 0.15) is 0 Å². The third kappa shape index (κ3) is 1760. The fraction of sp³-hybridized carbons (Fsp3) is 0. The molecule has 0 aromatic rings. The molecular weight excluding hydrogens is 90.1 g/mol. The lowest BCUT2D eigenvalue weighted by Gasteiger charge is -1.67. The van der Waals surface area contributed by atoms with E-state index in [2.05, 4.69) is 6.26 Å². The minimum Gasteiger partial charge on any atom is -0.211 e. The van der Waals surface area contributed by atoms with E-state index in [1.807, 2.05) is 0 Å². The molecule has 0 heterocycles. The Labute approximate surface area is 30.8 Å². The molecule has 0 bridgehead atoms. The molecule has 0 atom stereocenters. The van der Waals surface area contributed by atoms with Gasteiger partial charge in [-0.1, -0.05) is 0 Å². The van der Waals surface area contributed by atoms with Gasteiger partial charge in [0, 0.05) is 0 Å². The predicted molar refractivity (Wildman–Crippen MR) is 17.4 cm³/mol. The van der Waals surface area contributed by atoms with E-state index in [1.54, 1.807) is 0 Å². The summed E-state index contributed by atoms with van der Waals surface area (Å²) in [5.41, 5.74) is 0. The molecule has 0 aliphatic carbocycles. The summed E-state index contributed by atoms with van der Waals surface area (Å²) in [5, 5.41) is 5.80. The van der Waals surface area contributed by atoms with Gasteiger partial charge in [0.2, 0.25) is 10.0 Å². The Morgan fingerprint density at radius 2 is 1.60 bits per heavy atom. The van der Waals surface area contributed by atoms with Crippen molar-refractivity contribution in [2.75, 3.05) is 0 Å². The van der Waals surface area contributed by atoms with Gasteiger partial charge in [-0.05, 0) is 0 Å². The molecule has 2 radical (unpaired) electrons. The zero-order valence-corrected chi connectivity index (χ0v) is 3.25. The minimum absolute atomic E-state index is 2.41. The molecule has 4 heteroatoms. The fourth-order valence-electron chi connectivity index (χ4n) is 0. The van der Waals surface area contributed by atoms with Crippen molar-refractivity contribution in [3.8, 4) is 0 Å². The summed E-state index contributed by atoms with van der Waals surface area (Å²) in [6, 6.07) is 0. The van der Waals surface area contributed by atoms with Crippen LogP contribution in [0.2, 0.25) is 0 Å². The van der Waals surface area contributed by atoms with Gasteiger partial charge in [-0.25, -0.2) is 8.42 Å². The van der Waals surface area contributed by atoms with Gasteiger partial charge >= 0.3 is 0 Å². The van der Waals surface area contributed by atoms with Crippen LogP contribution in [0.5, 0.6) is 0 Å². The smallest absolute Gasteiger partial charge is 0.211 e. The van der Waals surface area contributed by atoms with Crippen LogP contribution in [0.15, 0.2) is 0 Å². The van der Waals surface area contributed by atoms with E-state index >= 15 is 0 Å². The second-order valence-corrected chi connectivity index (χ2v) is 1.84. The first-order valence-electron chi connectivity index (χ1n) is 0.826. The maximum atomic E-state index is 9.19. The van der Waals surface area contributed by atoms with Crippen LogP contribution in [0, 0.1) is 6.26 Å². The summed E-state index contributed by atoms with van der Waals surface area (Å²) in [6.07, 6.45) is 2.41.